The highest BCUT2D eigenvalue weighted by Gasteiger charge is 2.56. The third-order valence-electron chi connectivity index (χ3n) is 8.81. The molecule has 0 bridgehead atoms. The standard InChI is InChI=1S/C41H35N/c1-28-14-12-18-32(24-28)34-25-30(3)39(37-23-11-10-15-29(37)2)38(27-34)33-19-13-22-36(26-33)41(35-20-8-5-9-21-35)40(42-41)31-16-6-4-7-17-31/h4-27,40,42H,1-3H3. The van der Waals surface area contributed by atoms with Crippen molar-refractivity contribution in [1.29, 1.82) is 0 Å². The number of nitrogens with one attached hydrogen (secondary N) is 1. The van der Waals surface area contributed by atoms with Crippen molar-refractivity contribution in [3.05, 3.63) is 179 Å². The van der Waals surface area contributed by atoms with Gasteiger partial charge in [-0.2, -0.15) is 0 Å². The van der Waals surface area contributed by atoms with Gasteiger partial charge >= 0.3 is 0 Å². The SMILES string of the molecule is Cc1cccc(-c2cc(C)c(-c3ccccc3C)c(-c3cccc(C4(c5ccccc5)NC4c4ccccc4)c3)c2)c1. The Morgan fingerprint density at radius 2 is 1.14 bits per heavy atom. The maximum Gasteiger partial charge on any atom is 0.0894 e. The predicted molar refractivity (Wildman–Crippen MR) is 177 cm³/mol. The Bertz CT molecular complexity index is 1890. The van der Waals surface area contributed by atoms with Crippen LogP contribution in [-0.4, -0.2) is 0 Å². The lowest BCUT2D eigenvalue weighted by molar-refractivity contribution is 0.788. The van der Waals surface area contributed by atoms with Gasteiger partial charge in [0.05, 0.1) is 11.6 Å². The summed E-state index contributed by atoms with van der Waals surface area (Å²) in [6.07, 6.45) is 0. The second-order valence-electron chi connectivity index (χ2n) is 11.6. The zero-order valence-electron chi connectivity index (χ0n) is 24.4. The van der Waals surface area contributed by atoms with Crippen LogP contribution >= 0.6 is 0 Å². The average molecular weight is 542 g/mol. The second kappa shape index (κ2) is 10.6. The minimum Gasteiger partial charge on any atom is -0.293 e. The van der Waals surface area contributed by atoms with E-state index in [4.69, 9.17) is 0 Å². The van der Waals surface area contributed by atoms with Crippen LogP contribution in [0.1, 0.15) is 39.4 Å². The van der Waals surface area contributed by atoms with Gasteiger partial charge in [0.25, 0.3) is 0 Å². The lowest BCUT2D eigenvalue weighted by atomic mass is 9.82. The summed E-state index contributed by atoms with van der Waals surface area (Å²) in [6.45, 7) is 6.64. The molecular formula is C41H35N. The third-order valence-corrected chi connectivity index (χ3v) is 8.81. The Kier molecular flexibility index (Phi) is 6.61. The van der Waals surface area contributed by atoms with Crippen LogP contribution in [0.25, 0.3) is 33.4 Å². The van der Waals surface area contributed by atoms with E-state index in [1.54, 1.807) is 0 Å². The van der Waals surface area contributed by atoms with Crippen LogP contribution in [-0.2, 0) is 5.54 Å². The number of hydrogen-bond acceptors (Lipinski definition) is 1. The zero-order chi connectivity index (χ0) is 28.7. The first-order valence-electron chi connectivity index (χ1n) is 14.8. The summed E-state index contributed by atoms with van der Waals surface area (Å²) in [6, 6.07) is 53.5. The molecule has 0 aliphatic carbocycles. The summed E-state index contributed by atoms with van der Waals surface area (Å²) < 4.78 is 0. The fourth-order valence-corrected chi connectivity index (χ4v) is 6.68. The number of benzene rings is 6. The zero-order valence-corrected chi connectivity index (χ0v) is 24.4. The van der Waals surface area contributed by atoms with Gasteiger partial charge in [-0.1, -0.05) is 139 Å². The number of aryl methyl sites for hydroxylation is 3. The number of hydrogen-bond donors (Lipinski definition) is 1. The summed E-state index contributed by atoms with van der Waals surface area (Å²) >= 11 is 0. The monoisotopic (exact) mass is 541 g/mol. The van der Waals surface area contributed by atoms with E-state index in [0.717, 1.165) is 0 Å². The van der Waals surface area contributed by atoms with Gasteiger partial charge in [0.15, 0.2) is 0 Å². The van der Waals surface area contributed by atoms with Crippen LogP contribution in [0.2, 0.25) is 0 Å². The smallest absolute Gasteiger partial charge is 0.0894 e. The summed E-state index contributed by atoms with van der Waals surface area (Å²) in [5.74, 6) is 0. The maximum atomic E-state index is 3.92. The highest BCUT2D eigenvalue weighted by atomic mass is 15.2. The fourth-order valence-electron chi connectivity index (χ4n) is 6.68. The van der Waals surface area contributed by atoms with Crippen LogP contribution in [0.5, 0.6) is 0 Å². The van der Waals surface area contributed by atoms with Crippen molar-refractivity contribution < 1.29 is 0 Å². The highest BCUT2D eigenvalue weighted by Crippen LogP contribution is 2.54. The van der Waals surface area contributed by atoms with Crippen molar-refractivity contribution in [1.82, 2.24) is 5.32 Å². The van der Waals surface area contributed by atoms with E-state index in [1.165, 1.54) is 66.8 Å². The molecule has 42 heavy (non-hydrogen) atoms. The van der Waals surface area contributed by atoms with E-state index in [-0.39, 0.29) is 11.6 Å². The van der Waals surface area contributed by atoms with E-state index in [0.29, 0.717) is 0 Å². The molecule has 0 saturated carbocycles. The molecule has 0 aromatic heterocycles. The summed E-state index contributed by atoms with van der Waals surface area (Å²) in [7, 11) is 0. The minimum atomic E-state index is -0.273. The van der Waals surface area contributed by atoms with Gasteiger partial charge in [-0.05, 0) is 94.1 Å². The molecular weight excluding hydrogens is 506 g/mol. The van der Waals surface area contributed by atoms with Crippen LogP contribution in [0.15, 0.2) is 146 Å². The normalized spacial score (nSPS) is 17.6. The highest BCUT2D eigenvalue weighted by molar-refractivity contribution is 5.90. The molecule has 1 aliphatic heterocycles. The molecule has 0 amide bonds. The molecule has 6 aromatic carbocycles. The largest absolute Gasteiger partial charge is 0.293 e. The van der Waals surface area contributed by atoms with Crippen molar-refractivity contribution in [3.8, 4) is 33.4 Å². The van der Waals surface area contributed by atoms with E-state index in [1.807, 2.05) is 0 Å². The lowest BCUT2D eigenvalue weighted by Crippen LogP contribution is -2.15. The second-order valence-corrected chi connectivity index (χ2v) is 11.6. The average Bonchev–Trinajstić information content (AvgIpc) is 3.79. The Morgan fingerprint density at radius 3 is 1.90 bits per heavy atom. The van der Waals surface area contributed by atoms with Gasteiger partial charge in [0.2, 0.25) is 0 Å². The molecule has 1 saturated heterocycles. The Balaban J connectivity index is 1.44. The molecule has 1 heterocycles. The molecule has 1 N–H and O–H groups in total. The predicted octanol–water partition coefficient (Wildman–Crippen LogP) is 10.2. The van der Waals surface area contributed by atoms with Crippen LogP contribution in [0, 0.1) is 20.8 Å². The van der Waals surface area contributed by atoms with Gasteiger partial charge in [0.1, 0.15) is 0 Å². The van der Waals surface area contributed by atoms with Gasteiger partial charge in [0, 0.05) is 0 Å². The first kappa shape index (κ1) is 26.2. The maximum absolute atomic E-state index is 3.92. The quantitative estimate of drug-likeness (QED) is 0.208. The Hall–Kier alpha value is -4.72. The van der Waals surface area contributed by atoms with Crippen molar-refractivity contribution in [2.45, 2.75) is 32.4 Å². The van der Waals surface area contributed by atoms with E-state index in [2.05, 4.69) is 172 Å². The molecule has 2 unspecified atom stereocenters. The number of rotatable bonds is 6. The molecule has 1 aliphatic rings. The lowest BCUT2D eigenvalue weighted by Gasteiger charge is -2.21. The molecule has 0 radical (unpaired) electrons. The van der Waals surface area contributed by atoms with E-state index in [9.17, 15) is 0 Å². The van der Waals surface area contributed by atoms with Gasteiger partial charge in [-0.25, -0.2) is 0 Å². The molecule has 1 heteroatoms. The molecule has 7 rings (SSSR count). The van der Waals surface area contributed by atoms with Crippen LogP contribution in [0.4, 0.5) is 0 Å². The summed E-state index contributed by atoms with van der Waals surface area (Å²) in [5, 5.41) is 3.92. The van der Waals surface area contributed by atoms with Crippen molar-refractivity contribution in [3.63, 3.8) is 0 Å². The third kappa shape index (κ3) is 4.57. The molecule has 1 nitrogen and oxygen atoms in total. The first-order chi connectivity index (χ1) is 20.5. The summed E-state index contributed by atoms with van der Waals surface area (Å²) in [5.41, 5.74) is 15.1. The topological polar surface area (TPSA) is 21.9 Å². The van der Waals surface area contributed by atoms with Gasteiger partial charge < -0.3 is 0 Å². The minimum absolute atomic E-state index is 0.215. The van der Waals surface area contributed by atoms with Gasteiger partial charge in [-0.3, -0.25) is 5.32 Å². The van der Waals surface area contributed by atoms with E-state index >= 15 is 0 Å². The fraction of sp³-hybridized carbons (Fsp3) is 0.122. The molecule has 1 fully saturated rings. The molecule has 204 valence electrons. The Labute approximate surface area is 249 Å². The van der Waals surface area contributed by atoms with Crippen LogP contribution < -0.4 is 5.32 Å². The molecule has 6 aromatic rings. The van der Waals surface area contributed by atoms with Crippen molar-refractivity contribution >= 4 is 0 Å². The first-order valence-corrected chi connectivity index (χ1v) is 14.8. The molecule has 0 spiro atoms. The van der Waals surface area contributed by atoms with E-state index < -0.39 is 0 Å². The van der Waals surface area contributed by atoms with Crippen molar-refractivity contribution in [2.24, 2.45) is 0 Å². The molecule has 2 atom stereocenters. The Morgan fingerprint density at radius 1 is 0.476 bits per heavy atom. The summed E-state index contributed by atoms with van der Waals surface area (Å²) in [4.78, 5) is 0. The van der Waals surface area contributed by atoms with Crippen molar-refractivity contribution in [2.75, 3.05) is 0 Å². The van der Waals surface area contributed by atoms with Crippen LogP contribution in [0.3, 0.4) is 0 Å². The van der Waals surface area contributed by atoms with Gasteiger partial charge in [-0.15, -0.1) is 0 Å².